The molecule has 1 aliphatic heterocycles. The summed E-state index contributed by atoms with van der Waals surface area (Å²) in [6.07, 6.45) is 0.468. The summed E-state index contributed by atoms with van der Waals surface area (Å²) in [7, 11) is -2.99. The molecule has 1 saturated heterocycles. The van der Waals surface area contributed by atoms with Crippen molar-refractivity contribution in [3.8, 4) is 6.07 Å². The summed E-state index contributed by atoms with van der Waals surface area (Å²) in [5.41, 5.74) is 0. The quantitative estimate of drug-likeness (QED) is 0.634. The predicted molar refractivity (Wildman–Crippen MR) is 44.8 cm³/mol. The number of nitrogens with zero attached hydrogens (tertiary/aromatic N) is 2. The second-order valence-corrected chi connectivity index (χ2v) is 5.20. The van der Waals surface area contributed by atoms with Crippen LogP contribution in [0.2, 0.25) is 0 Å². The predicted octanol–water partition coefficient (Wildman–Crippen LogP) is 0.182. The van der Waals surface area contributed by atoms with Crippen molar-refractivity contribution < 1.29 is 8.42 Å². The Hall–Kier alpha value is -0.600. The van der Waals surface area contributed by atoms with E-state index in [4.69, 9.17) is 5.26 Å². The Labute approximate surface area is 72.8 Å². The molecular weight excluding hydrogens is 176 g/mol. The molecule has 0 spiro atoms. The summed E-state index contributed by atoms with van der Waals surface area (Å²) in [5.74, 6) is 0.419. The smallest absolute Gasteiger partial charge is 0.212 e. The maximum Gasteiger partial charge on any atom is 0.213 e. The third-order valence-corrected chi connectivity index (χ3v) is 3.88. The second-order valence-electron chi connectivity index (χ2n) is 2.95. The van der Waals surface area contributed by atoms with Crippen LogP contribution >= 0.6 is 0 Å². The van der Waals surface area contributed by atoms with E-state index in [0.29, 0.717) is 19.5 Å². The summed E-state index contributed by atoms with van der Waals surface area (Å²) >= 11 is 0. The minimum Gasteiger partial charge on any atom is -0.212 e. The number of hydrogen-bond donors (Lipinski definition) is 0. The molecule has 0 aromatic carbocycles. The van der Waals surface area contributed by atoms with Crippen molar-refractivity contribution in [3.05, 3.63) is 0 Å². The molecule has 0 atom stereocenters. The lowest BCUT2D eigenvalue weighted by atomic mass is 10.0. The standard InChI is InChI=1S/C7H12N2O2S/c1-2-12(10,11)9-5-7(6-9)3-4-8/h7H,2-3,5-6H2,1H3. The molecule has 1 rings (SSSR count). The van der Waals surface area contributed by atoms with E-state index in [1.54, 1.807) is 6.92 Å². The van der Waals surface area contributed by atoms with Crippen molar-refractivity contribution in [3.63, 3.8) is 0 Å². The molecule has 12 heavy (non-hydrogen) atoms. The first-order chi connectivity index (χ1) is 5.60. The van der Waals surface area contributed by atoms with E-state index in [1.807, 2.05) is 6.07 Å². The molecule has 0 bridgehead atoms. The van der Waals surface area contributed by atoms with Gasteiger partial charge >= 0.3 is 0 Å². The zero-order valence-corrected chi connectivity index (χ0v) is 7.84. The van der Waals surface area contributed by atoms with Crippen LogP contribution in [0.3, 0.4) is 0 Å². The lowest BCUT2D eigenvalue weighted by molar-refractivity contribution is 0.205. The van der Waals surface area contributed by atoms with Crippen LogP contribution in [0.1, 0.15) is 13.3 Å². The lowest BCUT2D eigenvalue weighted by Gasteiger charge is -2.36. The molecule has 1 aliphatic rings. The van der Waals surface area contributed by atoms with E-state index in [1.165, 1.54) is 4.31 Å². The van der Waals surface area contributed by atoms with Crippen molar-refractivity contribution in [2.24, 2.45) is 5.92 Å². The van der Waals surface area contributed by atoms with Crippen LogP contribution < -0.4 is 0 Å². The molecule has 0 aromatic rings. The highest BCUT2D eigenvalue weighted by Crippen LogP contribution is 2.21. The Kier molecular flexibility index (Phi) is 2.70. The molecule has 68 valence electrons. The van der Waals surface area contributed by atoms with Gasteiger partial charge in [0.2, 0.25) is 10.0 Å². The van der Waals surface area contributed by atoms with Crippen LogP contribution in [-0.2, 0) is 10.0 Å². The molecule has 0 unspecified atom stereocenters. The molecule has 0 amide bonds. The van der Waals surface area contributed by atoms with Gasteiger partial charge in [0.15, 0.2) is 0 Å². The Bertz CT molecular complexity index is 285. The molecule has 0 saturated carbocycles. The van der Waals surface area contributed by atoms with Crippen molar-refractivity contribution in [1.29, 1.82) is 5.26 Å². The maximum atomic E-state index is 11.2. The molecule has 0 N–H and O–H groups in total. The van der Waals surface area contributed by atoms with Gasteiger partial charge in [0.1, 0.15) is 0 Å². The third kappa shape index (κ3) is 1.76. The van der Waals surface area contributed by atoms with Crippen LogP contribution in [-0.4, -0.2) is 31.6 Å². The molecule has 4 nitrogen and oxygen atoms in total. The Balaban J connectivity index is 2.41. The van der Waals surface area contributed by atoms with Crippen molar-refractivity contribution in [1.82, 2.24) is 4.31 Å². The van der Waals surface area contributed by atoms with Gasteiger partial charge in [-0.25, -0.2) is 12.7 Å². The van der Waals surface area contributed by atoms with E-state index < -0.39 is 10.0 Å². The molecule has 0 aromatic heterocycles. The zero-order valence-electron chi connectivity index (χ0n) is 7.02. The van der Waals surface area contributed by atoms with Gasteiger partial charge in [0.25, 0.3) is 0 Å². The first kappa shape index (κ1) is 9.49. The highest BCUT2D eigenvalue weighted by atomic mass is 32.2. The molecule has 5 heteroatoms. The fourth-order valence-electron chi connectivity index (χ4n) is 1.19. The van der Waals surface area contributed by atoms with Gasteiger partial charge in [-0.3, -0.25) is 0 Å². The van der Waals surface area contributed by atoms with Gasteiger partial charge in [-0.2, -0.15) is 5.26 Å². The summed E-state index contributed by atoms with van der Waals surface area (Å²) < 4.78 is 23.8. The third-order valence-electron chi connectivity index (χ3n) is 2.06. The van der Waals surface area contributed by atoms with Gasteiger partial charge in [0.05, 0.1) is 11.8 Å². The number of rotatable bonds is 3. The molecular formula is C7H12N2O2S. The first-order valence-electron chi connectivity index (χ1n) is 3.95. The van der Waals surface area contributed by atoms with Gasteiger partial charge in [-0.15, -0.1) is 0 Å². The van der Waals surface area contributed by atoms with Crippen molar-refractivity contribution >= 4 is 10.0 Å². The first-order valence-corrected chi connectivity index (χ1v) is 5.56. The fraction of sp³-hybridized carbons (Fsp3) is 0.857. The number of nitriles is 1. The Morgan fingerprint density at radius 1 is 1.58 bits per heavy atom. The highest BCUT2D eigenvalue weighted by molar-refractivity contribution is 7.89. The normalized spacial score (nSPS) is 20.0. The maximum absolute atomic E-state index is 11.2. The van der Waals surface area contributed by atoms with Gasteiger partial charge in [0, 0.05) is 19.5 Å². The van der Waals surface area contributed by atoms with Crippen LogP contribution in [0.25, 0.3) is 0 Å². The summed E-state index contributed by atoms with van der Waals surface area (Å²) in [5, 5.41) is 8.33. The van der Waals surface area contributed by atoms with E-state index >= 15 is 0 Å². The van der Waals surface area contributed by atoms with E-state index in [0.717, 1.165) is 0 Å². The van der Waals surface area contributed by atoms with Crippen LogP contribution in [0.15, 0.2) is 0 Å². The van der Waals surface area contributed by atoms with Crippen LogP contribution in [0.5, 0.6) is 0 Å². The van der Waals surface area contributed by atoms with Gasteiger partial charge in [-0.05, 0) is 12.8 Å². The zero-order chi connectivity index (χ0) is 9.19. The lowest BCUT2D eigenvalue weighted by Crippen LogP contribution is -2.50. The summed E-state index contributed by atoms with van der Waals surface area (Å²) in [4.78, 5) is 0. The SMILES string of the molecule is CCS(=O)(=O)N1CC(CC#N)C1. The number of sulfonamides is 1. The van der Waals surface area contributed by atoms with Gasteiger partial charge in [-0.1, -0.05) is 0 Å². The minimum absolute atomic E-state index is 0.159. The molecule has 0 radical (unpaired) electrons. The molecule has 0 aliphatic carbocycles. The van der Waals surface area contributed by atoms with Crippen molar-refractivity contribution in [2.75, 3.05) is 18.8 Å². The van der Waals surface area contributed by atoms with Crippen molar-refractivity contribution in [2.45, 2.75) is 13.3 Å². The molecule has 1 heterocycles. The van der Waals surface area contributed by atoms with Crippen LogP contribution in [0.4, 0.5) is 0 Å². The van der Waals surface area contributed by atoms with E-state index in [-0.39, 0.29) is 11.7 Å². The van der Waals surface area contributed by atoms with Gasteiger partial charge < -0.3 is 0 Å². The fourth-order valence-corrected chi connectivity index (χ4v) is 2.43. The second kappa shape index (κ2) is 3.42. The molecule has 1 fully saturated rings. The Morgan fingerprint density at radius 3 is 2.58 bits per heavy atom. The Morgan fingerprint density at radius 2 is 2.17 bits per heavy atom. The largest absolute Gasteiger partial charge is 0.213 e. The highest BCUT2D eigenvalue weighted by Gasteiger charge is 2.33. The topological polar surface area (TPSA) is 61.2 Å². The van der Waals surface area contributed by atoms with E-state index in [9.17, 15) is 8.42 Å². The van der Waals surface area contributed by atoms with E-state index in [2.05, 4.69) is 0 Å². The monoisotopic (exact) mass is 188 g/mol. The minimum atomic E-state index is -2.99. The average molecular weight is 188 g/mol. The number of hydrogen-bond acceptors (Lipinski definition) is 3. The average Bonchev–Trinajstić information content (AvgIpc) is 1.95. The van der Waals surface area contributed by atoms with Crippen LogP contribution in [0, 0.1) is 17.2 Å². The summed E-state index contributed by atoms with van der Waals surface area (Å²) in [6.45, 7) is 2.69. The summed E-state index contributed by atoms with van der Waals surface area (Å²) in [6, 6.07) is 2.04.